The Hall–Kier alpha value is -0.610. The van der Waals surface area contributed by atoms with Gasteiger partial charge in [-0.05, 0) is 32.2 Å². The van der Waals surface area contributed by atoms with Crippen LogP contribution in [0, 0.1) is 11.8 Å². The van der Waals surface area contributed by atoms with E-state index in [9.17, 15) is 4.79 Å². The topological polar surface area (TPSA) is 41.6 Å². The molecule has 0 saturated heterocycles. The number of rotatable bonds is 10. The summed E-state index contributed by atoms with van der Waals surface area (Å²) in [6.45, 7) is 18.5. The molecule has 4 heteroatoms. The predicted octanol–water partition coefficient (Wildman–Crippen LogP) is 2.53. The third-order valence-corrected chi connectivity index (χ3v) is 3.08. The minimum absolute atomic E-state index is 0.153. The van der Waals surface area contributed by atoms with Gasteiger partial charge in [-0.1, -0.05) is 34.6 Å². The van der Waals surface area contributed by atoms with Crippen LogP contribution in [-0.4, -0.2) is 49.2 Å². The Morgan fingerprint density at radius 2 is 1.65 bits per heavy atom. The molecule has 0 aliphatic carbocycles. The average Bonchev–Trinajstić information content (AvgIpc) is 2.27. The molecule has 0 amide bonds. The molecule has 0 fully saturated rings. The van der Waals surface area contributed by atoms with E-state index < -0.39 is 5.54 Å². The van der Waals surface area contributed by atoms with E-state index in [2.05, 4.69) is 37.9 Å². The van der Waals surface area contributed by atoms with Crippen LogP contribution in [0.25, 0.3) is 0 Å². The van der Waals surface area contributed by atoms with Crippen LogP contribution in [0.5, 0.6) is 0 Å². The van der Waals surface area contributed by atoms with Crippen molar-refractivity contribution in [1.82, 2.24) is 10.2 Å². The molecule has 0 spiro atoms. The van der Waals surface area contributed by atoms with Crippen molar-refractivity contribution in [2.45, 2.75) is 54.0 Å². The number of esters is 1. The third-order valence-electron chi connectivity index (χ3n) is 3.08. The lowest BCUT2D eigenvalue weighted by Gasteiger charge is -2.35. The number of hydrogen-bond donors (Lipinski definition) is 1. The summed E-state index contributed by atoms with van der Waals surface area (Å²) in [6.07, 6.45) is 0. The van der Waals surface area contributed by atoms with E-state index in [-0.39, 0.29) is 5.97 Å². The molecule has 0 aliphatic rings. The van der Waals surface area contributed by atoms with Gasteiger partial charge in [-0.3, -0.25) is 4.79 Å². The van der Waals surface area contributed by atoms with Gasteiger partial charge in [-0.25, -0.2) is 0 Å². The molecule has 1 atom stereocenters. The summed E-state index contributed by atoms with van der Waals surface area (Å²) in [7, 11) is 0. The zero-order chi connectivity index (χ0) is 15.8. The summed E-state index contributed by atoms with van der Waals surface area (Å²) in [5.41, 5.74) is -0.630. The standard InChI is InChI=1S/C16H34N2O2/c1-8-17-16(7,15(19)20-9-2)12-18(10-13(3)4)11-14(5)6/h13-14,17H,8-12H2,1-7H3. The highest BCUT2D eigenvalue weighted by atomic mass is 16.5. The third kappa shape index (κ3) is 7.25. The van der Waals surface area contributed by atoms with Crippen molar-refractivity contribution < 1.29 is 9.53 Å². The lowest BCUT2D eigenvalue weighted by molar-refractivity contribution is -0.151. The molecule has 0 aliphatic heterocycles. The fourth-order valence-corrected chi connectivity index (χ4v) is 2.56. The fraction of sp³-hybridized carbons (Fsp3) is 0.938. The van der Waals surface area contributed by atoms with Gasteiger partial charge >= 0.3 is 5.97 Å². The highest BCUT2D eigenvalue weighted by molar-refractivity contribution is 5.80. The molecular weight excluding hydrogens is 252 g/mol. The second kappa shape index (κ2) is 9.35. The highest BCUT2D eigenvalue weighted by Gasteiger charge is 2.36. The molecule has 0 bridgehead atoms. The molecule has 1 unspecified atom stereocenters. The first-order valence-electron chi connectivity index (χ1n) is 7.89. The molecule has 0 aromatic carbocycles. The molecule has 1 N–H and O–H groups in total. The summed E-state index contributed by atoms with van der Waals surface area (Å²) in [4.78, 5) is 14.6. The Morgan fingerprint density at radius 1 is 1.15 bits per heavy atom. The molecule has 0 aromatic rings. The SMILES string of the molecule is CCNC(C)(CN(CC(C)C)CC(C)C)C(=O)OCC. The number of nitrogens with zero attached hydrogens (tertiary/aromatic N) is 1. The van der Waals surface area contributed by atoms with E-state index in [1.165, 1.54) is 0 Å². The number of nitrogens with one attached hydrogen (secondary N) is 1. The van der Waals surface area contributed by atoms with Crippen LogP contribution in [-0.2, 0) is 9.53 Å². The van der Waals surface area contributed by atoms with Crippen LogP contribution < -0.4 is 5.32 Å². The normalized spacial score (nSPS) is 14.9. The maximum atomic E-state index is 12.3. The molecule has 0 rings (SSSR count). The first-order valence-corrected chi connectivity index (χ1v) is 7.89. The zero-order valence-electron chi connectivity index (χ0n) is 14.5. The maximum absolute atomic E-state index is 12.3. The summed E-state index contributed by atoms with van der Waals surface area (Å²) in [6, 6.07) is 0. The van der Waals surface area contributed by atoms with Crippen LogP contribution in [0.1, 0.15) is 48.5 Å². The molecule has 0 radical (unpaired) electrons. The van der Waals surface area contributed by atoms with Crippen LogP contribution in [0.3, 0.4) is 0 Å². The molecule has 0 aromatic heterocycles. The van der Waals surface area contributed by atoms with Gasteiger partial charge in [0.1, 0.15) is 5.54 Å². The number of ether oxygens (including phenoxy) is 1. The van der Waals surface area contributed by atoms with E-state index in [1.54, 1.807) is 0 Å². The first kappa shape index (κ1) is 19.4. The average molecular weight is 286 g/mol. The molecule has 0 heterocycles. The van der Waals surface area contributed by atoms with Gasteiger partial charge < -0.3 is 15.0 Å². The van der Waals surface area contributed by atoms with Gasteiger partial charge in [0, 0.05) is 19.6 Å². The fourth-order valence-electron chi connectivity index (χ4n) is 2.56. The largest absolute Gasteiger partial charge is 0.465 e. The van der Waals surface area contributed by atoms with Crippen LogP contribution >= 0.6 is 0 Å². The first-order chi connectivity index (χ1) is 9.25. The second-order valence-electron chi connectivity index (χ2n) is 6.56. The lowest BCUT2D eigenvalue weighted by atomic mass is 10.00. The van der Waals surface area contributed by atoms with Crippen LogP contribution in [0.15, 0.2) is 0 Å². The predicted molar refractivity (Wildman–Crippen MR) is 84.8 cm³/mol. The lowest BCUT2D eigenvalue weighted by Crippen LogP contribution is -2.58. The van der Waals surface area contributed by atoms with E-state index in [1.807, 2.05) is 20.8 Å². The summed E-state index contributed by atoms with van der Waals surface area (Å²) >= 11 is 0. The van der Waals surface area contributed by atoms with Crippen molar-refractivity contribution in [3.63, 3.8) is 0 Å². The van der Waals surface area contributed by atoms with Crippen LogP contribution in [0.2, 0.25) is 0 Å². The number of carbonyl (C=O) groups excluding carboxylic acids is 1. The number of hydrogen-bond acceptors (Lipinski definition) is 4. The number of likely N-dealkylation sites (N-methyl/N-ethyl adjacent to an activating group) is 1. The van der Waals surface area contributed by atoms with Gasteiger partial charge in [0.05, 0.1) is 6.61 Å². The van der Waals surface area contributed by atoms with E-state index in [0.29, 0.717) is 25.0 Å². The quantitative estimate of drug-likeness (QED) is 0.627. The molecule has 120 valence electrons. The monoisotopic (exact) mass is 286 g/mol. The molecule has 0 saturated carbocycles. The van der Waals surface area contributed by atoms with Gasteiger partial charge in [-0.15, -0.1) is 0 Å². The minimum Gasteiger partial charge on any atom is -0.465 e. The van der Waals surface area contributed by atoms with Gasteiger partial charge in [0.25, 0.3) is 0 Å². The van der Waals surface area contributed by atoms with Crippen molar-refractivity contribution in [1.29, 1.82) is 0 Å². The maximum Gasteiger partial charge on any atom is 0.327 e. The molecule has 4 nitrogen and oxygen atoms in total. The molecular formula is C16H34N2O2. The van der Waals surface area contributed by atoms with Crippen molar-refractivity contribution in [3.05, 3.63) is 0 Å². The minimum atomic E-state index is -0.630. The highest BCUT2D eigenvalue weighted by Crippen LogP contribution is 2.13. The Kier molecular flexibility index (Phi) is 9.06. The van der Waals surface area contributed by atoms with Gasteiger partial charge in [0.2, 0.25) is 0 Å². The van der Waals surface area contributed by atoms with Crippen molar-refractivity contribution in [2.24, 2.45) is 11.8 Å². The van der Waals surface area contributed by atoms with Crippen molar-refractivity contribution in [2.75, 3.05) is 32.8 Å². The zero-order valence-corrected chi connectivity index (χ0v) is 14.5. The smallest absolute Gasteiger partial charge is 0.327 e. The second-order valence-corrected chi connectivity index (χ2v) is 6.56. The van der Waals surface area contributed by atoms with E-state index in [0.717, 1.165) is 19.6 Å². The summed E-state index contributed by atoms with van der Waals surface area (Å²) < 4.78 is 5.24. The number of carbonyl (C=O) groups is 1. The van der Waals surface area contributed by atoms with Crippen molar-refractivity contribution >= 4 is 5.97 Å². The Bertz CT molecular complexity index is 270. The van der Waals surface area contributed by atoms with Gasteiger partial charge in [0.15, 0.2) is 0 Å². The Balaban J connectivity index is 4.91. The molecule has 20 heavy (non-hydrogen) atoms. The Morgan fingerprint density at radius 3 is 2.00 bits per heavy atom. The summed E-state index contributed by atoms with van der Waals surface area (Å²) in [5.74, 6) is 1.02. The van der Waals surface area contributed by atoms with E-state index >= 15 is 0 Å². The van der Waals surface area contributed by atoms with Gasteiger partial charge in [-0.2, -0.15) is 0 Å². The summed E-state index contributed by atoms with van der Waals surface area (Å²) in [5, 5.41) is 3.30. The van der Waals surface area contributed by atoms with Crippen LogP contribution in [0.4, 0.5) is 0 Å². The van der Waals surface area contributed by atoms with Crippen molar-refractivity contribution in [3.8, 4) is 0 Å². The van der Waals surface area contributed by atoms with E-state index in [4.69, 9.17) is 4.74 Å². The Labute approximate surface area is 125 Å².